The van der Waals surface area contributed by atoms with Crippen molar-refractivity contribution in [2.24, 2.45) is 0 Å². The van der Waals surface area contributed by atoms with E-state index in [4.69, 9.17) is 4.74 Å². The van der Waals surface area contributed by atoms with Gasteiger partial charge in [0.2, 0.25) is 5.91 Å². The molecule has 0 fully saturated rings. The average Bonchev–Trinajstić information content (AvgIpc) is 3.03. The number of hydrogen-bond acceptors (Lipinski definition) is 2. The molecule has 0 saturated carbocycles. The van der Waals surface area contributed by atoms with Gasteiger partial charge in [-0.05, 0) is 17.7 Å². The van der Waals surface area contributed by atoms with E-state index >= 15 is 0 Å². The standard InChI is InChI=1S/C20H20N2O2/c1-22(18-10-11-24-19-9-5-3-7-16(18)19)20(23)12-14-13-21-17-8-4-2-6-15(14)17/h2-9,13,18,21H,10-12H2,1H3. The van der Waals surface area contributed by atoms with E-state index < -0.39 is 0 Å². The molecule has 1 amide bonds. The number of H-pyrrole nitrogens is 1. The summed E-state index contributed by atoms with van der Waals surface area (Å²) in [5.41, 5.74) is 3.21. The Kier molecular flexibility index (Phi) is 3.73. The number of carbonyl (C=O) groups is 1. The predicted octanol–water partition coefficient (Wildman–Crippen LogP) is 3.69. The van der Waals surface area contributed by atoms with Crippen molar-refractivity contribution in [2.45, 2.75) is 18.9 Å². The van der Waals surface area contributed by atoms with Crippen molar-refractivity contribution in [3.05, 3.63) is 65.9 Å². The normalized spacial score (nSPS) is 16.5. The number of amides is 1. The molecule has 0 radical (unpaired) electrons. The summed E-state index contributed by atoms with van der Waals surface area (Å²) < 4.78 is 5.70. The van der Waals surface area contributed by atoms with Crippen LogP contribution in [0.1, 0.15) is 23.6 Å². The molecule has 4 nitrogen and oxygen atoms in total. The summed E-state index contributed by atoms with van der Waals surface area (Å²) in [5.74, 6) is 1.02. The van der Waals surface area contributed by atoms with Gasteiger partial charge in [-0.15, -0.1) is 0 Å². The van der Waals surface area contributed by atoms with E-state index in [0.29, 0.717) is 13.0 Å². The minimum absolute atomic E-state index is 0.0765. The first-order valence-electron chi connectivity index (χ1n) is 8.26. The van der Waals surface area contributed by atoms with Crippen LogP contribution in [0.4, 0.5) is 0 Å². The highest BCUT2D eigenvalue weighted by molar-refractivity contribution is 5.89. The molecule has 0 saturated heterocycles. The molecule has 2 aromatic carbocycles. The molecule has 0 spiro atoms. The number of aromatic amines is 1. The molecule has 1 N–H and O–H groups in total. The maximum Gasteiger partial charge on any atom is 0.227 e. The molecule has 1 atom stereocenters. The maximum absolute atomic E-state index is 12.8. The third-order valence-corrected chi connectivity index (χ3v) is 4.80. The van der Waals surface area contributed by atoms with Crippen LogP contribution in [-0.4, -0.2) is 29.4 Å². The van der Waals surface area contributed by atoms with Gasteiger partial charge in [0.25, 0.3) is 0 Å². The highest BCUT2D eigenvalue weighted by Gasteiger charge is 2.27. The minimum atomic E-state index is 0.0765. The second kappa shape index (κ2) is 6.04. The fourth-order valence-corrected chi connectivity index (χ4v) is 3.46. The molecule has 122 valence electrons. The van der Waals surface area contributed by atoms with Gasteiger partial charge in [0.05, 0.1) is 19.1 Å². The quantitative estimate of drug-likeness (QED) is 0.800. The van der Waals surface area contributed by atoms with Crippen molar-refractivity contribution in [1.82, 2.24) is 9.88 Å². The first-order valence-corrected chi connectivity index (χ1v) is 8.26. The predicted molar refractivity (Wildman–Crippen MR) is 94.1 cm³/mol. The number of ether oxygens (including phenoxy) is 1. The Morgan fingerprint density at radius 1 is 1.21 bits per heavy atom. The van der Waals surface area contributed by atoms with Crippen LogP contribution in [0.3, 0.4) is 0 Å². The van der Waals surface area contributed by atoms with E-state index in [1.54, 1.807) is 0 Å². The van der Waals surface area contributed by atoms with Gasteiger partial charge in [-0.3, -0.25) is 4.79 Å². The van der Waals surface area contributed by atoms with Gasteiger partial charge in [0.15, 0.2) is 0 Å². The van der Waals surface area contributed by atoms with Crippen LogP contribution in [0.25, 0.3) is 10.9 Å². The lowest BCUT2D eigenvalue weighted by Gasteiger charge is -2.33. The zero-order valence-electron chi connectivity index (χ0n) is 13.7. The van der Waals surface area contributed by atoms with Crippen LogP contribution >= 0.6 is 0 Å². The Morgan fingerprint density at radius 2 is 2.00 bits per heavy atom. The Bertz CT molecular complexity index is 884. The van der Waals surface area contributed by atoms with Gasteiger partial charge in [-0.25, -0.2) is 0 Å². The van der Waals surface area contributed by atoms with Crippen LogP contribution in [-0.2, 0) is 11.2 Å². The maximum atomic E-state index is 12.8. The van der Waals surface area contributed by atoms with E-state index in [0.717, 1.165) is 34.2 Å². The van der Waals surface area contributed by atoms with Gasteiger partial charge in [-0.2, -0.15) is 0 Å². The summed E-state index contributed by atoms with van der Waals surface area (Å²) in [4.78, 5) is 17.9. The molecule has 0 bridgehead atoms. The van der Waals surface area contributed by atoms with Crippen molar-refractivity contribution >= 4 is 16.8 Å². The van der Waals surface area contributed by atoms with Gasteiger partial charge in [-0.1, -0.05) is 36.4 Å². The topological polar surface area (TPSA) is 45.3 Å². The fourth-order valence-electron chi connectivity index (χ4n) is 3.46. The van der Waals surface area contributed by atoms with Crippen LogP contribution < -0.4 is 4.74 Å². The second-order valence-electron chi connectivity index (χ2n) is 6.23. The second-order valence-corrected chi connectivity index (χ2v) is 6.23. The molecule has 1 unspecified atom stereocenters. The Morgan fingerprint density at radius 3 is 2.92 bits per heavy atom. The fraction of sp³-hybridized carbons (Fsp3) is 0.250. The lowest BCUT2D eigenvalue weighted by atomic mass is 9.98. The Balaban J connectivity index is 1.57. The van der Waals surface area contributed by atoms with Gasteiger partial charge in [0, 0.05) is 36.1 Å². The molecule has 24 heavy (non-hydrogen) atoms. The molecule has 1 aliphatic heterocycles. The number of nitrogens with zero attached hydrogens (tertiary/aromatic N) is 1. The molecule has 4 rings (SSSR count). The van der Waals surface area contributed by atoms with Crippen molar-refractivity contribution in [3.63, 3.8) is 0 Å². The van der Waals surface area contributed by atoms with Crippen LogP contribution in [0.15, 0.2) is 54.7 Å². The van der Waals surface area contributed by atoms with Crippen LogP contribution in [0, 0.1) is 0 Å². The van der Waals surface area contributed by atoms with Crippen molar-refractivity contribution in [1.29, 1.82) is 0 Å². The number of fused-ring (bicyclic) bond motifs is 2. The van der Waals surface area contributed by atoms with Gasteiger partial charge < -0.3 is 14.6 Å². The lowest BCUT2D eigenvalue weighted by molar-refractivity contribution is -0.131. The number of rotatable bonds is 3. The van der Waals surface area contributed by atoms with E-state index in [-0.39, 0.29) is 11.9 Å². The molecular weight excluding hydrogens is 300 g/mol. The molecule has 1 aromatic heterocycles. The SMILES string of the molecule is CN(C(=O)Cc1c[nH]c2ccccc12)C1CCOc2ccccc21. The Labute approximate surface area is 141 Å². The number of hydrogen-bond donors (Lipinski definition) is 1. The van der Waals surface area contributed by atoms with E-state index in [2.05, 4.69) is 17.1 Å². The van der Waals surface area contributed by atoms with Crippen molar-refractivity contribution in [3.8, 4) is 5.75 Å². The molecule has 0 aliphatic carbocycles. The number of nitrogens with one attached hydrogen (secondary N) is 1. The number of para-hydroxylation sites is 2. The number of benzene rings is 2. The monoisotopic (exact) mass is 320 g/mol. The first-order chi connectivity index (χ1) is 11.7. The summed E-state index contributed by atoms with van der Waals surface area (Å²) >= 11 is 0. The number of likely N-dealkylation sites (N-methyl/N-ethyl adjacent to an activating group) is 1. The van der Waals surface area contributed by atoms with Crippen LogP contribution in [0.2, 0.25) is 0 Å². The third-order valence-electron chi connectivity index (χ3n) is 4.80. The Hall–Kier alpha value is -2.75. The van der Waals surface area contributed by atoms with E-state index in [1.807, 2.05) is 54.5 Å². The summed E-state index contributed by atoms with van der Waals surface area (Å²) in [7, 11) is 1.89. The van der Waals surface area contributed by atoms with E-state index in [9.17, 15) is 4.79 Å². The molecule has 4 heteroatoms. The average molecular weight is 320 g/mol. The zero-order chi connectivity index (χ0) is 16.5. The third kappa shape index (κ3) is 2.54. The zero-order valence-corrected chi connectivity index (χ0v) is 13.7. The van der Waals surface area contributed by atoms with Crippen molar-refractivity contribution < 1.29 is 9.53 Å². The smallest absolute Gasteiger partial charge is 0.227 e. The van der Waals surface area contributed by atoms with Crippen molar-refractivity contribution in [2.75, 3.05) is 13.7 Å². The summed E-state index contributed by atoms with van der Waals surface area (Å²) in [6.07, 6.45) is 3.17. The molecule has 3 aromatic rings. The molecular formula is C20H20N2O2. The summed E-state index contributed by atoms with van der Waals surface area (Å²) in [5, 5.41) is 1.12. The largest absolute Gasteiger partial charge is 0.493 e. The van der Waals surface area contributed by atoms with Crippen LogP contribution in [0.5, 0.6) is 5.75 Å². The minimum Gasteiger partial charge on any atom is -0.493 e. The van der Waals surface area contributed by atoms with E-state index in [1.165, 1.54) is 0 Å². The summed E-state index contributed by atoms with van der Waals surface area (Å²) in [6, 6.07) is 16.1. The number of carbonyl (C=O) groups excluding carboxylic acids is 1. The highest BCUT2D eigenvalue weighted by atomic mass is 16.5. The van der Waals surface area contributed by atoms with Gasteiger partial charge in [0.1, 0.15) is 5.75 Å². The molecule has 2 heterocycles. The lowest BCUT2D eigenvalue weighted by Crippen LogP contribution is -2.35. The molecule has 1 aliphatic rings. The first kappa shape index (κ1) is 14.8. The highest BCUT2D eigenvalue weighted by Crippen LogP contribution is 2.35. The summed E-state index contributed by atoms with van der Waals surface area (Å²) in [6.45, 7) is 0.645. The number of aromatic nitrogens is 1. The van der Waals surface area contributed by atoms with Gasteiger partial charge >= 0.3 is 0 Å².